The Kier molecular flexibility index (Phi) is 5.91. The molecule has 1 rings (SSSR count). The summed E-state index contributed by atoms with van der Waals surface area (Å²) < 4.78 is 5.40. The van der Waals surface area contributed by atoms with Crippen LogP contribution in [0.2, 0.25) is 0 Å². The first kappa shape index (κ1) is 12.7. The van der Waals surface area contributed by atoms with E-state index in [0.717, 1.165) is 26.2 Å². The van der Waals surface area contributed by atoms with Gasteiger partial charge in [0.2, 0.25) is 0 Å². The van der Waals surface area contributed by atoms with Crippen LogP contribution in [0.4, 0.5) is 0 Å². The van der Waals surface area contributed by atoms with Crippen LogP contribution in [0.25, 0.3) is 0 Å². The number of rotatable bonds is 7. The summed E-state index contributed by atoms with van der Waals surface area (Å²) >= 11 is 1.82. The second-order valence-corrected chi connectivity index (χ2v) is 4.70. The van der Waals surface area contributed by atoms with E-state index in [9.17, 15) is 0 Å². The first-order valence-corrected chi connectivity index (χ1v) is 6.52. The molecule has 0 spiro atoms. The molecule has 15 heavy (non-hydrogen) atoms. The van der Waals surface area contributed by atoms with Crippen LogP contribution in [-0.4, -0.2) is 19.8 Å². The van der Waals surface area contributed by atoms with Crippen molar-refractivity contribution in [3.8, 4) is 0 Å². The van der Waals surface area contributed by atoms with Crippen molar-refractivity contribution in [2.24, 2.45) is 0 Å². The fourth-order valence-corrected chi connectivity index (χ4v) is 2.38. The number of nitrogens with one attached hydrogen (secondary N) is 1. The van der Waals surface area contributed by atoms with Crippen LogP contribution < -0.4 is 5.32 Å². The minimum absolute atomic E-state index is 0.450. The molecule has 0 fully saturated rings. The maximum absolute atomic E-state index is 5.40. The molecule has 1 aromatic rings. The molecular formula is C12H21NOS. The molecule has 1 N–H and O–H groups in total. The number of aryl methyl sites for hydroxylation is 1. The molecule has 1 atom stereocenters. The minimum atomic E-state index is 0.450. The van der Waals surface area contributed by atoms with E-state index in [-0.39, 0.29) is 0 Å². The molecule has 0 bridgehead atoms. The zero-order valence-electron chi connectivity index (χ0n) is 9.88. The van der Waals surface area contributed by atoms with Crippen LogP contribution in [0, 0.1) is 6.92 Å². The molecule has 0 saturated heterocycles. The monoisotopic (exact) mass is 227 g/mol. The van der Waals surface area contributed by atoms with Crippen molar-refractivity contribution in [3.63, 3.8) is 0 Å². The van der Waals surface area contributed by atoms with Gasteiger partial charge in [-0.15, -0.1) is 11.3 Å². The van der Waals surface area contributed by atoms with Gasteiger partial charge in [0.25, 0.3) is 0 Å². The van der Waals surface area contributed by atoms with E-state index in [0.29, 0.717) is 6.04 Å². The molecule has 0 aromatic carbocycles. The van der Waals surface area contributed by atoms with Gasteiger partial charge in [-0.3, -0.25) is 0 Å². The Morgan fingerprint density at radius 1 is 1.47 bits per heavy atom. The van der Waals surface area contributed by atoms with Gasteiger partial charge in [-0.05, 0) is 43.8 Å². The van der Waals surface area contributed by atoms with Crippen molar-refractivity contribution in [1.82, 2.24) is 5.32 Å². The molecule has 3 heteroatoms. The fourth-order valence-electron chi connectivity index (χ4n) is 1.62. The van der Waals surface area contributed by atoms with Crippen LogP contribution in [0.15, 0.2) is 11.4 Å². The van der Waals surface area contributed by atoms with Crippen molar-refractivity contribution >= 4 is 11.3 Å². The summed E-state index contributed by atoms with van der Waals surface area (Å²) in [5, 5.41) is 5.74. The first-order valence-electron chi connectivity index (χ1n) is 5.64. The highest BCUT2D eigenvalue weighted by atomic mass is 32.1. The molecule has 0 radical (unpaired) electrons. The Bertz CT molecular complexity index is 272. The van der Waals surface area contributed by atoms with E-state index in [2.05, 4.69) is 30.6 Å². The van der Waals surface area contributed by atoms with Crippen LogP contribution >= 0.6 is 11.3 Å². The summed E-state index contributed by atoms with van der Waals surface area (Å²) in [7, 11) is 0. The van der Waals surface area contributed by atoms with Gasteiger partial charge in [-0.1, -0.05) is 6.92 Å². The van der Waals surface area contributed by atoms with E-state index in [1.165, 1.54) is 10.4 Å². The summed E-state index contributed by atoms with van der Waals surface area (Å²) in [5.41, 5.74) is 1.40. The van der Waals surface area contributed by atoms with Gasteiger partial charge in [-0.2, -0.15) is 0 Å². The normalized spacial score (nSPS) is 13.0. The molecule has 0 amide bonds. The Balaban J connectivity index is 2.49. The van der Waals surface area contributed by atoms with Gasteiger partial charge < -0.3 is 10.1 Å². The highest BCUT2D eigenvalue weighted by molar-refractivity contribution is 7.10. The Labute approximate surface area is 96.7 Å². The SMILES string of the molecule is CCNC(CCOCC)c1csc(C)c1. The first-order chi connectivity index (χ1) is 7.27. The second kappa shape index (κ2) is 6.99. The summed E-state index contributed by atoms with van der Waals surface area (Å²) in [6, 6.07) is 2.72. The summed E-state index contributed by atoms with van der Waals surface area (Å²) in [6.07, 6.45) is 1.05. The van der Waals surface area contributed by atoms with Crippen molar-refractivity contribution in [2.75, 3.05) is 19.8 Å². The van der Waals surface area contributed by atoms with E-state index in [1.807, 2.05) is 18.3 Å². The van der Waals surface area contributed by atoms with Gasteiger partial charge in [0, 0.05) is 24.1 Å². The smallest absolute Gasteiger partial charge is 0.0484 e. The maximum Gasteiger partial charge on any atom is 0.0484 e. The lowest BCUT2D eigenvalue weighted by molar-refractivity contribution is 0.136. The van der Waals surface area contributed by atoms with Crippen LogP contribution in [-0.2, 0) is 4.74 Å². The Morgan fingerprint density at radius 3 is 2.80 bits per heavy atom. The zero-order chi connectivity index (χ0) is 11.1. The maximum atomic E-state index is 5.40. The third-order valence-corrected chi connectivity index (χ3v) is 3.24. The van der Waals surface area contributed by atoms with E-state index in [1.54, 1.807) is 0 Å². The average Bonchev–Trinajstić information content (AvgIpc) is 2.64. The molecule has 1 unspecified atom stereocenters. The molecule has 86 valence electrons. The second-order valence-electron chi connectivity index (χ2n) is 3.59. The quantitative estimate of drug-likeness (QED) is 0.723. The van der Waals surface area contributed by atoms with Crippen molar-refractivity contribution in [2.45, 2.75) is 33.2 Å². The van der Waals surface area contributed by atoms with E-state index < -0.39 is 0 Å². The highest BCUT2D eigenvalue weighted by Crippen LogP contribution is 2.22. The van der Waals surface area contributed by atoms with Crippen molar-refractivity contribution in [1.29, 1.82) is 0 Å². The third-order valence-electron chi connectivity index (χ3n) is 2.36. The molecule has 0 aliphatic carbocycles. The predicted octanol–water partition coefficient (Wildman–Crippen LogP) is 3.13. The number of hydrogen-bond acceptors (Lipinski definition) is 3. The zero-order valence-corrected chi connectivity index (χ0v) is 10.7. The lowest BCUT2D eigenvalue weighted by Gasteiger charge is -2.16. The highest BCUT2D eigenvalue weighted by Gasteiger charge is 2.10. The van der Waals surface area contributed by atoms with E-state index >= 15 is 0 Å². The van der Waals surface area contributed by atoms with Gasteiger partial charge in [-0.25, -0.2) is 0 Å². The van der Waals surface area contributed by atoms with Crippen LogP contribution in [0.3, 0.4) is 0 Å². The standard InChI is InChI=1S/C12H21NOS/c1-4-13-12(6-7-14-5-2)11-8-10(3)15-9-11/h8-9,12-13H,4-7H2,1-3H3. The molecule has 1 heterocycles. The minimum Gasteiger partial charge on any atom is -0.382 e. The lowest BCUT2D eigenvalue weighted by atomic mass is 10.1. The van der Waals surface area contributed by atoms with E-state index in [4.69, 9.17) is 4.74 Å². The number of hydrogen-bond donors (Lipinski definition) is 1. The summed E-state index contributed by atoms with van der Waals surface area (Å²) in [4.78, 5) is 1.38. The average molecular weight is 227 g/mol. The topological polar surface area (TPSA) is 21.3 Å². The summed E-state index contributed by atoms with van der Waals surface area (Å²) in [5.74, 6) is 0. The third kappa shape index (κ3) is 4.33. The molecule has 0 aliphatic heterocycles. The van der Waals surface area contributed by atoms with Gasteiger partial charge in [0.15, 0.2) is 0 Å². The lowest BCUT2D eigenvalue weighted by Crippen LogP contribution is -2.21. The Hall–Kier alpha value is -0.380. The molecule has 2 nitrogen and oxygen atoms in total. The molecule has 0 saturated carbocycles. The van der Waals surface area contributed by atoms with Crippen LogP contribution in [0.1, 0.15) is 36.8 Å². The number of thiophene rings is 1. The van der Waals surface area contributed by atoms with Gasteiger partial charge >= 0.3 is 0 Å². The Morgan fingerprint density at radius 2 is 2.27 bits per heavy atom. The molecule has 1 aromatic heterocycles. The van der Waals surface area contributed by atoms with Crippen molar-refractivity contribution in [3.05, 3.63) is 21.9 Å². The van der Waals surface area contributed by atoms with Crippen molar-refractivity contribution < 1.29 is 4.74 Å². The fraction of sp³-hybridized carbons (Fsp3) is 0.667. The molecule has 0 aliphatic rings. The largest absolute Gasteiger partial charge is 0.382 e. The van der Waals surface area contributed by atoms with Gasteiger partial charge in [0.1, 0.15) is 0 Å². The number of ether oxygens (including phenoxy) is 1. The predicted molar refractivity (Wildman–Crippen MR) is 66.6 cm³/mol. The molecular weight excluding hydrogens is 206 g/mol. The van der Waals surface area contributed by atoms with Gasteiger partial charge in [0.05, 0.1) is 0 Å². The van der Waals surface area contributed by atoms with Crippen LogP contribution in [0.5, 0.6) is 0 Å². The summed E-state index contributed by atoms with van der Waals surface area (Å²) in [6.45, 7) is 8.99.